The van der Waals surface area contributed by atoms with Crippen LogP contribution in [0.2, 0.25) is 5.02 Å². The van der Waals surface area contributed by atoms with E-state index >= 15 is 0 Å². The molecular formula is C25H24ClNO4. The Hall–Kier alpha value is -2.92. The Morgan fingerprint density at radius 2 is 1.77 bits per heavy atom. The maximum Gasteiger partial charge on any atom is 0.336 e. The van der Waals surface area contributed by atoms with Crippen molar-refractivity contribution in [1.82, 2.24) is 0 Å². The number of carbonyl (C=O) groups excluding carboxylic acids is 2. The van der Waals surface area contributed by atoms with E-state index in [4.69, 9.17) is 21.1 Å². The lowest BCUT2D eigenvalue weighted by atomic mass is 9.69. The molecule has 0 amide bonds. The minimum absolute atomic E-state index is 0.123. The minimum Gasteiger partial charge on any atom is -0.497 e. The lowest BCUT2D eigenvalue weighted by Crippen LogP contribution is -2.39. The second kappa shape index (κ2) is 9.06. The van der Waals surface area contributed by atoms with Crippen LogP contribution in [-0.2, 0) is 20.9 Å². The van der Waals surface area contributed by atoms with Crippen LogP contribution in [0.5, 0.6) is 5.75 Å². The van der Waals surface area contributed by atoms with E-state index in [0.717, 1.165) is 35.4 Å². The number of ketones is 1. The SMILES string of the molecule is COc1ccc(COC(=O)C2=C(C)N=C3CCCC(=O)C3C2c2ccc(Cl)cc2)cc1. The predicted octanol–water partition coefficient (Wildman–Crippen LogP) is 5.27. The highest BCUT2D eigenvalue weighted by Gasteiger charge is 2.43. The molecule has 1 aliphatic heterocycles. The number of nitrogens with zero attached hydrogens (tertiary/aromatic N) is 1. The molecule has 1 heterocycles. The summed E-state index contributed by atoms with van der Waals surface area (Å²) in [6, 6.07) is 14.7. The Balaban J connectivity index is 1.65. The van der Waals surface area contributed by atoms with Gasteiger partial charge < -0.3 is 9.47 Å². The molecule has 160 valence electrons. The Morgan fingerprint density at radius 3 is 2.45 bits per heavy atom. The summed E-state index contributed by atoms with van der Waals surface area (Å²) in [7, 11) is 1.60. The van der Waals surface area contributed by atoms with Crippen LogP contribution in [0.15, 0.2) is 64.8 Å². The zero-order valence-electron chi connectivity index (χ0n) is 17.6. The number of esters is 1. The van der Waals surface area contributed by atoms with Gasteiger partial charge in [-0.3, -0.25) is 9.79 Å². The highest BCUT2D eigenvalue weighted by Crippen LogP contribution is 2.43. The van der Waals surface area contributed by atoms with Gasteiger partial charge in [0.2, 0.25) is 0 Å². The summed E-state index contributed by atoms with van der Waals surface area (Å²) in [4.78, 5) is 30.8. The number of hydrogen-bond acceptors (Lipinski definition) is 5. The molecule has 0 radical (unpaired) electrons. The molecule has 6 heteroatoms. The van der Waals surface area contributed by atoms with E-state index in [0.29, 0.717) is 22.7 Å². The van der Waals surface area contributed by atoms with Crippen LogP contribution in [0.1, 0.15) is 43.2 Å². The van der Waals surface area contributed by atoms with Crippen LogP contribution in [0, 0.1) is 5.92 Å². The second-order valence-corrected chi connectivity index (χ2v) is 8.29. The summed E-state index contributed by atoms with van der Waals surface area (Å²) < 4.78 is 10.8. The van der Waals surface area contributed by atoms with E-state index in [-0.39, 0.29) is 12.4 Å². The third-order valence-electron chi connectivity index (χ3n) is 5.89. The molecule has 0 bridgehead atoms. The Kier molecular flexibility index (Phi) is 6.23. The van der Waals surface area contributed by atoms with Gasteiger partial charge in [-0.15, -0.1) is 0 Å². The first-order valence-electron chi connectivity index (χ1n) is 10.3. The number of ether oxygens (including phenoxy) is 2. The van der Waals surface area contributed by atoms with Gasteiger partial charge >= 0.3 is 5.97 Å². The van der Waals surface area contributed by atoms with Crippen molar-refractivity contribution in [3.05, 3.63) is 76.0 Å². The average molecular weight is 438 g/mol. The second-order valence-electron chi connectivity index (χ2n) is 7.85. The standard InChI is InChI=1S/C25H24ClNO4/c1-15-22(25(29)31-14-16-6-12-19(30-2)13-7-16)23(17-8-10-18(26)11-9-17)24-20(27-15)4-3-5-21(24)28/h6-13,23-24H,3-5,14H2,1-2H3. The fraction of sp³-hybridized carbons (Fsp3) is 0.320. The first kappa shape index (κ1) is 21.3. The fourth-order valence-electron chi connectivity index (χ4n) is 4.36. The molecule has 1 aliphatic carbocycles. The van der Waals surface area contributed by atoms with E-state index in [1.54, 1.807) is 19.2 Å². The molecule has 2 aromatic rings. The van der Waals surface area contributed by atoms with Crippen molar-refractivity contribution in [2.45, 2.75) is 38.7 Å². The van der Waals surface area contributed by atoms with Crippen molar-refractivity contribution in [1.29, 1.82) is 0 Å². The van der Waals surface area contributed by atoms with Gasteiger partial charge in [0.05, 0.1) is 18.6 Å². The molecule has 0 aromatic heterocycles. The number of hydrogen-bond donors (Lipinski definition) is 0. The number of Topliss-reactive ketones (excluding diaryl/α,β-unsaturated/α-hetero) is 1. The molecule has 1 fully saturated rings. The van der Waals surface area contributed by atoms with Crippen LogP contribution in [-0.4, -0.2) is 24.6 Å². The molecule has 2 aliphatic rings. The lowest BCUT2D eigenvalue weighted by Gasteiger charge is -2.35. The minimum atomic E-state index is -0.450. The Labute approximate surface area is 186 Å². The number of methoxy groups -OCH3 is 1. The topological polar surface area (TPSA) is 65.0 Å². The van der Waals surface area contributed by atoms with Gasteiger partial charge in [-0.1, -0.05) is 35.9 Å². The highest BCUT2D eigenvalue weighted by atomic mass is 35.5. The van der Waals surface area contributed by atoms with Crippen molar-refractivity contribution in [2.75, 3.05) is 7.11 Å². The fourth-order valence-corrected chi connectivity index (χ4v) is 4.49. The third-order valence-corrected chi connectivity index (χ3v) is 6.14. The van der Waals surface area contributed by atoms with Gasteiger partial charge in [-0.2, -0.15) is 0 Å². The summed E-state index contributed by atoms with van der Waals surface area (Å²) in [6.07, 6.45) is 2.07. The molecule has 2 unspecified atom stereocenters. The van der Waals surface area contributed by atoms with E-state index < -0.39 is 17.8 Å². The molecule has 0 N–H and O–H groups in total. The number of rotatable bonds is 5. The largest absolute Gasteiger partial charge is 0.497 e. The van der Waals surface area contributed by atoms with E-state index in [1.807, 2.05) is 43.3 Å². The van der Waals surface area contributed by atoms with Crippen LogP contribution in [0.3, 0.4) is 0 Å². The predicted molar refractivity (Wildman–Crippen MR) is 119 cm³/mol. The van der Waals surface area contributed by atoms with Crippen molar-refractivity contribution < 1.29 is 19.1 Å². The summed E-state index contributed by atoms with van der Waals surface area (Å²) in [5.41, 5.74) is 3.64. The average Bonchev–Trinajstić information content (AvgIpc) is 2.77. The number of carbonyl (C=O) groups is 2. The molecule has 4 rings (SSSR count). The quantitative estimate of drug-likeness (QED) is 0.597. The zero-order chi connectivity index (χ0) is 22.0. The van der Waals surface area contributed by atoms with Crippen LogP contribution >= 0.6 is 11.6 Å². The Morgan fingerprint density at radius 1 is 1.06 bits per heavy atom. The van der Waals surface area contributed by atoms with Crippen molar-refractivity contribution in [3.63, 3.8) is 0 Å². The number of benzene rings is 2. The molecule has 1 saturated carbocycles. The molecular weight excluding hydrogens is 414 g/mol. The first-order chi connectivity index (χ1) is 15.0. The molecule has 31 heavy (non-hydrogen) atoms. The van der Waals surface area contributed by atoms with Crippen molar-refractivity contribution >= 4 is 29.1 Å². The summed E-state index contributed by atoms with van der Waals surface area (Å²) >= 11 is 6.08. The van der Waals surface area contributed by atoms with E-state index in [1.165, 1.54) is 0 Å². The number of halogens is 1. The normalized spacial score (nSPS) is 20.7. The van der Waals surface area contributed by atoms with Gasteiger partial charge in [0.25, 0.3) is 0 Å². The summed E-state index contributed by atoms with van der Waals surface area (Å²) in [5.74, 6) is -0.433. The molecule has 2 atom stereocenters. The monoisotopic (exact) mass is 437 g/mol. The van der Waals surface area contributed by atoms with E-state index in [9.17, 15) is 9.59 Å². The van der Waals surface area contributed by atoms with Crippen LogP contribution in [0.4, 0.5) is 0 Å². The van der Waals surface area contributed by atoms with Crippen LogP contribution in [0.25, 0.3) is 0 Å². The van der Waals surface area contributed by atoms with Crippen molar-refractivity contribution in [2.24, 2.45) is 10.9 Å². The van der Waals surface area contributed by atoms with Gasteiger partial charge in [0, 0.05) is 28.8 Å². The van der Waals surface area contributed by atoms with Gasteiger partial charge in [0.1, 0.15) is 18.1 Å². The highest BCUT2D eigenvalue weighted by molar-refractivity contribution is 6.30. The third kappa shape index (κ3) is 4.42. The lowest BCUT2D eigenvalue weighted by molar-refractivity contribution is -0.140. The van der Waals surface area contributed by atoms with Gasteiger partial charge in [-0.05, 0) is 55.2 Å². The molecule has 0 saturated heterocycles. The summed E-state index contributed by atoms with van der Waals surface area (Å²) in [6.45, 7) is 1.94. The molecule has 0 spiro atoms. The smallest absolute Gasteiger partial charge is 0.336 e. The van der Waals surface area contributed by atoms with E-state index in [2.05, 4.69) is 4.99 Å². The number of allylic oxidation sites excluding steroid dienone is 1. The molecule has 5 nitrogen and oxygen atoms in total. The first-order valence-corrected chi connectivity index (χ1v) is 10.7. The zero-order valence-corrected chi connectivity index (χ0v) is 18.3. The van der Waals surface area contributed by atoms with Crippen molar-refractivity contribution in [3.8, 4) is 5.75 Å². The summed E-state index contributed by atoms with van der Waals surface area (Å²) in [5, 5.41) is 0.604. The number of aliphatic imine (C=N–C) groups is 1. The Bertz CT molecular complexity index is 1050. The molecule has 2 aromatic carbocycles. The number of fused-ring (bicyclic) bond motifs is 1. The maximum absolute atomic E-state index is 13.2. The van der Waals surface area contributed by atoms with Gasteiger partial charge in [-0.25, -0.2) is 4.79 Å². The van der Waals surface area contributed by atoms with Gasteiger partial charge in [0.15, 0.2) is 0 Å². The van der Waals surface area contributed by atoms with Crippen LogP contribution < -0.4 is 4.74 Å². The maximum atomic E-state index is 13.2.